The topological polar surface area (TPSA) is 111 Å². The van der Waals surface area contributed by atoms with Crippen molar-refractivity contribution < 1.29 is 30.7 Å². The van der Waals surface area contributed by atoms with Crippen LogP contribution in [0.5, 0.6) is 5.75 Å². The molecule has 0 unspecified atom stereocenters. The number of nitrogens with zero attached hydrogens (tertiary/aromatic N) is 4. The van der Waals surface area contributed by atoms with Crippen molar-refractivity contribution in [1.82, 2.24) is 24.5 Å². The third-order valence-corrected chi connectivity index (χ3v) is 7.66. The molecule has 0 radical (unpaired) electrons. The van der Waals surface area contributed by atoms with Crippen molar-refractivity contribution in [1.29, 1.82) is 0 Å². The van der Waals surface area contributed by atoms with E-state index in [0.717, 1.165) is 24.3 Å². The molecular weight excluding hydrogens is 576 g/mol. The standard InChI is InChI=1S/C28H30F4N6O3S/c1-27(2,3)38-17-21(25(37-38)18-6-11-22(29)24(16-18)41-4)23-12-15-34-26(36-23)33-13-5-14-35-42(39,40)20-9-7-19(8-10-20)28(30,31)32/h6-12,15-17,35H,5,13-14H2,1-4H3,(H,33,34,36). The molecule has 0 saturated heterocycles. The summed E-state index contributed by atoms with van der Waals surface area (Å²) < 4.78 is 86.5. The lowest BCUT2D eigenvalue weighted by atomic mass is 10.1. The lowest BCUT2D eigenvalue weighted by Crippen LogP contribution is -2.26. The summed E-state index contributed by atoms with van der Waals surface area (Å²) in [6.45, 7) is 6.33. The fourth-order valence-electron chi connectivity index (χ4n) is 3.92. The average molecular weight is 607 g/mol. The van der Waals surface area contributed by atoms with Gasteiger partial charge in [0.25, 0.3) is 0 Å². The first-order valence-corrected chi connectivity index (χ1v) is 14.4. The van der Waals surface area contributed by atoms with E-state index in [1.165, 1.54) is 13.2 Å². The number of halogens is 4. The first kappa shape index (κ1) is 30.9. The minimum atomic E-state index is -4.55. The molecule has 224 valence electrons. The van der Waals surface area contributed by atoms with Gasteiger partial charge in [0, 0.05) is 36.6 Å². The smallest absolute Gasteiger partial charge is 0.416 e. The van der Waals surface area contributed by atoms with Gasteiger partial charge >= 0.3 is 6.18 Å². The van der Waals surface area contributed by atoms with Gasteiger partial charge in [-0.05, 0) is 75.7 Å². The van der Waals surface area contributed by atoms with Gasteiger partial charge in [-0.25, -0.2) is 27.5 Å². The zero-order chi connectivity index (χ0) is 30.7. The number of sulfonamides is 1. The van der Waals surface area contributed by atoms with Crippen LogP contribution in [0.25, 0.3) is 22.5 Å². The van der Waals surface area contributed by atoms with Gasteiger partial charge in [-0.1, -0.05) is 0 Å². The van der Waals surface area contributed by atoms with Crippen molar-refractivity contribution in [3.63, 3.8) is 0 Å². The Morgan fingerprint density at radius 2 is 1.71 bits per heavy atom. The van der Waals surface area contributed by atoms with E-state index in [9.17, 15) is 26.0 Å². The predicted molar refractivity (Wildman–Crippen MR) is 150 cm³/mol. The van der Waals surface area contributed by atoms with Gasteiger partial charge in [0.15, 0.2) is 11.6 Å². The highest BCUT2D eigenvalue weighted by Gasteiger charge is 2.30. The lowest BCUT2D eigenvalue weighted by molar-refractivity contribution is -0.137. The van der Waals surface area contributed by atoms with Gasteiger partial charge in [0.05, 0.1) is 28.8 Å². The van der Waals surface area contributed by atoms with Crippen LogP contribution in [0.4, 0.5) is 23.5 Å². The number of anilines is 1. The summed E-state index contributed by atoms with van der Waals surface area (Å²) in [6.07, 6.45) is -0.783. The number of methoxy groups -OCH3 is 1. The SMILES string of the molecule is COc1cc(-c2nn(C(C)(C)C)cc2-c2ccnc(NCCCNS(=O)(=O)c3ccc(C(F)(F)F)cc3)n2)ccc1F. The zero-order valence-electron chi connectivity index (χ0n) is 23.3. The Labute approximate surface area is 241 Å². The van der Waals surface area contributed by atoms with Crippen molar-refractivity contribution in [2.75, 3.05) is 25.5 Å². The molecule has 2 aromatic carbocycles. The van der Waals surface area contributed by atoms with Gasteiger partial charge in [-0.3, -0.25) is 4.68 Å². The number of alkyl halides is 3. The van der Waals surface area contributed by atoms with Gasteiger partial charge in [0.1, 0.15) is 5.69 Å². The number of nitrogens with one attached hydrogen (secondary N) is 2. The summed E-state index contributed by atoms with van der Waals surface area (Å²) in [5, 5.41) is 7.80. The molecule has 0 aliphatic rings. The molecular formula is C28H30F4N6O3S. The van der Waals surface area contributed by atoms with Crippen LogP contribution in [0.3, 0.4) is 0 Å². The van der Waals surface area contributed by atoms with Crippen molar-refractivity contribution in [3.05, 3.63) is 72.3 Å². The monoisotopic (exact) mass is 606 g/mol. The fourth-order valence-corrected chi connectivity index (χ4v) is 4.99. The van der Waals surface area contributed by atoms with Crippen molar-refractivity contribution in [2.45, 2.75) is 43.8 Å². The fraction of sp³-hybridized carbons (Fsp3) is 0.321. The number of aromatic nitrogens is 4. The number of hydrogen-bond acceptors (Lipinski definition) is 7. The molecule has 4 aromatic rings. The zero-order valence-corrected chi connectivity index (χ0v) is 24.1. The Bertz CT molecular complexity index is 1650. The average Bonchev–Trinajstić information content (AvgIpc) is 3.39. The second-order valence-corrected chi connectivity index (χ2v) is 12.1. The molecule has 0 aliphatic heterocycles. The third kappa shape index (κ3) is 7.23. The molecule has 9 nitrogen and oxygen atoms in total. The summed E-state index contributed by atoms with van der Waals surface area (Å²) in [6, 6.07) is 9.50. The second kappa shape index (κ2) is 12.1. The quantitative estimate of drug-likeness (QED) is 0.176. The molecule has 4 rings (SSSR count). The maximum atomic E-state index is 14.1. The Morgan fingerprint density at radius 1 is 1.00 bits per heavy atom. The van der Waals surface area contributed by atoms with Gasteiger partial charge < -0.3 is 10.1 Å². The van der Waals surface area contributed by atoms with Crippen LogP contribution in [-0.2, 0) is 21.7 Å². The molecule has 0 spiro atoms. The van der Waals surface area contributed by atoms with E-state index in [2.05, 4.69) is 20.0 Å². The Morgan fingerprint density at radius 3 is 2.36 bits per heavy atom. The highest BCUT2D eigenvalue weighted by atomic mass is 32.2. The maximum Gasteiger partial charge on any atom is 0.416 e. The molecule has 0 saturated carbocycles. The van der Waals surface area contributed by atoms with Crippen LogP contribution in [0, 0.1) is 5.82 Å². The number of ether oxygens (including phenoxy) is 1. The van der Waals surface area contributed by atoms with Gasteiger partial charge in [-0.2, -0.15) is 18.3 Å². The number of rotatable bonds is 10. The van der Waals surface area contributed by atoms with E-state index >= 15 is 0 Å². The Balaban J connectivity index is 1.45. The normalized spacial score (nSPS) is 12.4. The van der Waals surface area contributed by atoms with Crippen LogP contribution >= 0.6 is 0 Å². The Kier molecular flexibility index (Phi) is 8.87. The lowest BCUT2D eigenvalue weighted by Gasteiger charge is -2.18. The first-order valence-electron chi connectivity index (χ1n) is 12.9. The highest BCUT2D eigenvalue weighted by Crippen LogP contribution is 2.34. The maximum absolute atomic E-state index is 14.1. The van der Waals surface area contributed by atoms with E-state index in [0.29, 0.717) is 41.4 Å². The van der Waals surface area contributed by atoms with Crippen LogP contribution in [0.15, 0.2) is 65.8 Å². The second-order valence-electron chi connectivity index (χ2n) is 10.3. The van der Waals surface area contributed by atoms with Crippen molar-refractivity contribution >= 4 is 16.0 Å². The molecule has 0 fully saturated rings. The highest BCUT2D eigenvalue weighted by molar-refractivity contribution is 7.89. The van der Waals surface area contributed by atoms with Crippen molar-refractivity contribution in [3.8, 4) is 28.3 Å². The molecule has 2 N–H and O–H groups in total. The summed E-state index contributed by atoms with van der Waals surface area (Å²) in [5.41, 5.74) is 1.19. The van der Waals surface area contributed by atoms with Crippen LogP contribution < -0.4 is 14.8 Å². The molecule has 0 bridgehead atoms. The molecule has 2 heterocycles. The molecule has 0 aliphatic carbocycles. The molecule has 42 heavy (non-hydrogen) atoms. The first-order chi connectivity index (χ1) is 19.7. The van der Waals surface area contributed by atoms with E-state index in [-0.39, 0.29) is 22.7 Å². The summed E-state index contributed by atoms with van der Waals surface area (Å²) in [7, 11) is -2.59. The minimum Gasteiger partial charge on any atom is -0.494 e. The van der Waals surface area contributed by atoms with Gasteiger partial charge in [-0.15, -0.1) is 0 Å². The van der Waals surface area contributed by atoms with Crippen molar-refractivity contribution in [2.24, 2.45) is 0 Å². The van der Waals surface area contributed by atoms with Crippen LogP contribution in [-0.4, -0.2) is 48.4 Å². The van der Waals surface area contributed by atoms with E-state index in [4.69, 9.17) is 9.84 Å². The van der Waals surface area contributed by atoms with Crippen LogP contribution in [0.1, 0.15) is 32.8 Å². The summed E-state index contributed by atoms with van der Waals surface area (Å²) in [5.74, 6) is -0.111. The number of benzene rings is 2. The third-order valence-electron chi connectivity index (χ3n) is 6.18. The summed E-state index contributed by atoms with van der Waals surface area (Å²) in [4.78, 5) is 8.57. The van der Waals surface area contributed by atoms with E-state index in [1.807, 2.05) is 27.0 Å². The number of hydrogen-bond donors (Lipinski definition) is 2. The Hall–Kier alpha value is -4.04. The molecule has 0 atom stereocenters. The van der Waals surface area contributed by atoms with E-state index < -0.39 is 27.6 Å². The molecule has 14 heteroatoms. The predicted octanol–water partition coefficient (Wildman–Crippen LogP) is 5.71. The van der Waals surface area contributed by atoms with Crippen LogP contribution in [0.2, 0.25) is 0 Å². The summed E-state index contributed by atoms with van der Waals surface area (Å²) >= 11 is 0. The molecule has 2 aromatic heterocycles. The minimum absolute atomic E-state index is 0.0327. The largest absolute Gasteiger partial charge is 0.494 e. The van der Waals surface area contributed by atoms with E-state index in [1.54, 1.807) is 29.1 Å². The molecule has 0 amide bonds. The van der Waals surface area contributed by atoms with Gasteiger partial charge in [0.2, 0.25) is 16.0 Å².